The van der Waals surface area contributed by atoms with Crippen molar-refractivity contribution in [3.8, 4) is 0 Å². The molecule has 1 rings (SSSR count). The van der Waals surface area contributed by atoms with Crippen molar-refractivity contribution in [1.29, 1.82) is 0 Å². The molecule has 0 saturated heterocycles. The van der Waals surface area contributed by atoms with E-state index in [1.54, 1.807) is 0 Å². The van der Waals surface area contributed by atoms with Crippen molar-refractivity contribution in [2.75, 3.05) is 19.8 Å². The zero-order chi connectivity index (χ0) is 13.4. The van der Waals surface area contributed by atoms with Crippen LogP contribution in [-0.2, 0) is 4.74 Å². The van der Waals surface area contributed by atoms with Gasteiger partial charge in [0.05, 0.1) is 12.7 Å². The van der Waals surface area contributed by atoms with Gasteiger partial charge in [0, 0.05) is 19.2 Å². The van der Waals surface area contributed by atoms with Crippen molar-refractivity contribution >= 4 is 0 Å². The Balaban J connectivity index is 1.91. The smallest absolute Gasteiger partial charge is 0.0897 e. The van der Waals surface area contributed by atoms with Gasteiger partial charge in [0.25, 0.3) is 0 Å². The van der Waals surface area contributed by atoms with Gasteiger partial charge in [-0.15, -0.1) is 0 Å². The first-order valence-electron chi connectivity index (χ1n) is 7.58. The minimum Gasteiger partial charge on any atom is -0.389 e. The maximum absolute atomic E-state index is 9.79. The molecule has 1 aliphatic rings. The summed E-state index contributed by atoms with van der Waals surface area (Å²) in [4.78, 5) is 0. The summed E-state index contributed by atoms with van der Waals surface area (Å²) >= 11 is 0. The third-order valence-electron chi connectivity index (χ3n) is 3.91. The van der Waals surface area contributed by atoms with Crippen molar-refractivity contribution in [2.45, 2.75) is 65.0 Å². The van der Waals surface area contributed by atoms with Crippen LogP contribution in [0.1, 0.15) is 52.9 Å². The highest BCUT2D eigenvalue weighted by Gasteiger charge is 2.23. The third-order valence-corrected chi connectivity index (χ3v) is 3.91. The number of aliphatic hydroxyl groups is 1. The molecule has 2 N–H and O–H groups in total. The molecule has 0 amide bonds. The summed E-state index contributed by atoms with van der Waals surface area (Å²) in [5.41, 5.74) is 0. The number of hydrogen-bond donors (Lipinski definition) is 2. The molecular formula is C15H31NO2. The fourth-order valence-electron chi connectivity index (χ4n) is 2.30. The second-order valence-electron chi connectivity index (χ2n) is 6.15. The number of ether oxygens (including phenoxy) is 1. The van der Waals surface area contributed by atoms with Gasteiger partial charge in [0.2, 0.25) is 0 Å². The molecule has 2 atom stereocenters. The molecule has 1 saturated carbocycles. The van der Waals surface area contributed by atoms with Crippen molar-refractivity contribution in [2.24, 2.45) is 11.8 Å². The lowest BCUT2D eigenvalue weighted by Gasteiger charge is -2.32. The van der Waals surface area contributed by atoms with E-state index >= 15 is 0 Å². The highest BCUT2D eigenvalue weighted by molar-refractivity contribution is 4.80. The Hall–Kier alpha value is -0.120. The van der Waals surface area contributed by atoms with Crippen LogP contribution in [0.15, 0.2) is 0 Å². The molecule has 0 spiro atoms. The average molecular weight is 257 g/mol. The molecule has 0 aromatic carbocycles. The quantitative estimate of drug-likeness (QED) is 0.591. The SMILES string of the molecule is CC(C)CCCOCC(O)CNC(C)C1CCC1. The summed E-state index contributed by atoms with van der Waals surface area (Å²) < 4.78 is 5.49. The molecule has 108 valence electrons. The zero-order valence-corrected chi connectivity index (χ0v) is 12.3. The normalized spacial score (nSPS) is 19.8. The van der Waals surface area contributed by atoms with E-state index in [4.69, 9.17) is 4.74 Å². The van der Waals surface area contributed by atoms with Crippen LogP contribution >= 0.6 is 0 Å². The lowest BCUT2D eigenvalue weighted by Crippen LogP contribution is -2.42. The average Bonchev–Trinajstić information content (AvgIpc) is 2.23. The molecule has 0 aromatic rings. The summed E-state index contributed by atoms with van der Waals surface area (Å²) in [6, 6.07) is 0.536. The highest BCUT2D eigenvalue weighted by atomic mass is 16.5. The van der Waals surface area contributed by atoms with E-state index in [1.807, 2.05) is 0 Å². The Bertz CT molecular complexity index is 205. The summed E-state index contributed by atoms with van der Waals surface area (Å²) in [6.45, 7) is 8.55. The van der Waals surface area contributed by atoms with Crippen molar-refractivity contribution in [3.63, 3.8) is 0 Å². The summed E-state index contributed by atoms with van der Waals surface area (Å²) in [7, 11) is 0. The van der Waals surface area contributed by atoms with Crippen molar-refractivity contribution < 1.29 is 9.84 Å². The minimum atomic E-state index is -0.369. The number of hydrogen-bond acceptors (Lipinski definition) is 3. The second-order valence-corrected chi connectivity index (χ2v) is 6.15. The fourth-order valence-corrected chi connectivity index (χ4v) is 2.30. The van der Waals surface area contributed by atoms with E-state index < -0.39 is 0 Å². The lowest BCUT2D eigenvalue weighted by atomic mass is 9.80. The van der Waals surface area contributed by atoms with Gasteiger partial charge in [0.1, 0.15) is 0 Å². The van der Waals surface area contributed by atoms with Gasteiger partial charge in [-0.1, -0.05) is 20.3 Å². The molecule has 0 radical (unpaired) electrons. The van der Waals surface area contributed by atoms with Crippen LogP contribution in [-0.4, -0.2) is 37.0 Å². The Morgan fingerprint density at radius 2 is 2.00 bits per heavy atom. The third kappa shape index (κ3) is 6.72. The van der Waals surface area contributed by atoms with E-state index in [-0.39, 0.29) is 6.10 Å². The highest BCUT2D eigenvalue weighted by Crippen LogP contribution is 2.29. The first-order valence-corrected chi connectivity index (χ1v) is 7.58. The molecule has 0 heterocycles. The van der Waals surface area contributed by atoms with Gasteiger partial charge in [0.15, 0.2) is 0 Å². The van der Waals surface area contributed by atoms with Crippen LogP contribution < -0.4 is 5.32 Å². The second kappa shape index (κ2) is 8.89. The lowest BCUT2D eigenvalue weighted by molar-refractivity contribution is 0.0318. The Labute approximate surface area is 112 Å². The first-order chi connectivity index (χ1) is 8.59. The zero-order valence-electron chi connectivity index (χ0n) is 12.3. The maximum atomic E-state index is 9.79. The van der Waals surface area contributed by atoms with Crippen LogP contribution in [0, 0.1) is 11.8 Å². The summed E-state index contributed by atoms with van der Waals surface area (Å²) in [6.07, 6.45) is 5.99. The number of rotatable bonds is 10. The first kappa shape index (κ1) is 15.9. The van der Waals surface area contributed by atoms with Crippen LogP contribution in [0.25, 0.3) is 0 Å². The van der Waals surface area contributed by atoms with Gasteiger partial charge in [-0.05, 0) is 44.4 Å². The Morgan fingerprint density at radius 3 is 2.56 bits per heavy atom. The Morgan fingerprint density at radius 1 is 1.28 bits per heavy atom. The number of nitrogens with one attached hydrogen (secondary N) is 1. The largest absolute Gasteiger partial charge is 0.389 e. The van der Waals surface area contributed by atoms with Crippen LogP contribution in [0.4, 0.5) is 0 Å². The van der Waals surface area contributed by atoms with E-state index in [2.05, 4.69) is 26.1 Å². The van der Waals surface area contributed by atoms with Gasteiger partial charge in [-0.3, -0.25) is 0 Å². The van der Waals surface area contributed by atoms with Crippen molar-refractivity contribution in [3.05, 3.63) is 0 Å². The molecular weight excluding hydrogens is 226 g/mol. The van der Waals surface area contributed by atoms with Crippen LogP contribution in [0.3, 0.4) is 0 Å². The fraction of sp³-hybridized carbons (Fsp3) is 1.00. The Kier molecular flexibility index (Phi) is 7.87. The minimum absolute atomic E-state index is 0.369. The van der Waals surface area contributed by atoms with Crippen LogP contribution in [0.2, 0.25) is 0 Å². The molecule has 0 aliphatic heterocycles. The van der Waals surface area contributed by atoms with E-state index in [0.29, 0.717) is 19.2 Å². The monoisotopic (exact) mass is 257 g/mol. The number of aliphatic hydroxyl groups excluding tert-OH is 1. The molecule has 0 aromatic heterocycles. The van der Waals surface area contributed by atoms with E-state index in [1.165, 1.54) is 25.7 Å². The standard InChI is InChI=1S/C15H31NO2/c1-12(2)6-5-9-18-11-15(17)10-16-13(3)14-7-4-8-14/h12-17H,4-11H2,1-3H3. The molecule has 1 fully saturated rings. The van der Waals surface area contributed by atoms with Gasteiger partial charge >= 0.3 is 0 Å². The molecule has 2 unspecified atom stereocenters. The topological polar surface area (TPSA) is 41.5 Å². The molecule has 0 bridgehead atoms. The summed E-state index contributed by atoms with van der Waals surface area (Å²) in [5, 5.41) is 13.2. The summed E-state index contributed by atoms with van der Waals surface area (Å²) in [5.74, 6) is 1.56. The van der Waals surface area contributed by atoms with E-state index in [0.717, 1.165) is 24.9 Å². The predicted molar refractivity (Wildman–Crippen MR) is 75.7 cm³/mol. The van der Waals surface area contributed by atoms with Gasteiger partial charge in [-0.2, -0.15) is 0 Å². The molecule has 18 heavy (non-hydrogen) atoms. The predicted octanol–water partition coefficient (Wildman–Crippen LogP) is 2.58. The van der Waals surface area contributed by atoms with Gasteiger partial charge < -0.3 is 15.2 Å². The van der Waals surface area contributed by atoms with Gasteiger partial charge in [-0.25, -0.2) is 0 Å². The molecule has 1 aliphatic carbocycles. The van der Waals surface area contributed by atoms with Crippen LogP contribution in [0.5, 0.6) is 0 Å². The molecule has 3 heteroatoms. The van der Waals surface area contributed by atoms with Crippen molar-refractivity contribution in [1.82, 2.24) is 5.32 Å². The van der Waals surface area contributed by atoms with E-state index in [9.17, 15) is 5.11 Å². The maximum Gasteiger partial charge on any atom is 0.0897 e. The molecule has 3 nitrogen and oxygen atoms in total.